The van der Waals surface area contributed by atoms with E-state index in [0.717, 1.165) is 22.0 Å². The third-order valence-electron chi connectivity index (χ3n) is 2.51. The summed E-state index contributed by atoms with van der Waals surface area (Å²) >= 11 is 0. The van der Waals surface area contributed by atoms with Crippen molar-refractivity contribution in [3.63, 3.8) is 0 Å². The molecule has 0 fully saturated rings. The molecule has 0 aliphatic heterocycles. The zero-order valence-electron chi connectivity index (χ0n) is 8.20. The molecule has 3 N–H and O–H groups in total. The van der Waals surface area contributed by atoms with Gasteiger partial charge in [-0.15, -0.1) is 0 Å². The SMILES string of the molecule is Cc1ccc2c(C)c(B(O)O)[nH]c2c1. The maximum atomic E-state index is 9.10. The van der Waals surface area contributed by atoms with Gasteiger partial charge in [-0.3, -0.25) is 0 Å². The third kappa shape index (κ3) is 1.33. The van der Waals surface area contributed by atoms with Gasteiger partial charge in [0.2, 0.25) is 0 Å². The van der Waals surface area contributed by atoms with Crippen molar-refractivity contribution < 1.29 is 10.0 Å². The number of aromatic amines is 1. The second-order valence-corrected chi connectivity index (χ2v) is 3.59. The normalized spacial score (nSPS) is 10.9. The molecule has 1 heterocycles. The van der Waals surface area contributed by atoms with E-state index in [1.54, 1.807) is 0 Å². The van der Waals surface area contributed by atoms with Crippen LogP contribution in [-0.2, 0) is 0 Å². The lowest BCUT2D eigenvalue weighted by atomic mass is 9.83. The summed E-state index contributed by atoms with van der Waals surface area (Å²) in [6.07, 6.45) is 0. The van der Waals surface area contributed by atoms with Crippen LogP contribution in [0.2, 0.25) is 0 Å². The Labute approximate surface area is 82.5 Å². The van der Waals surface area contributed by atoms with Crippen molar-refractivity contribution in [2.45, 2.75) is 13.8 Å². The fraction of sp³-hybridized carbons (Fsp3) is 0.200. The summed E-state index contributed by atoms with van der Waals surface area (Å²) in [6.45, 7) is 3.88. The van der Waals surface area contributed by atoms with Crippen LogP contribution in [0.3, 0.4) is 0 Å². The maximum absolute atomic E-state index is 9.10. The second-order valence-electron chi connectivity index (χ2n) is 3.59. The van der Waals surface area contributed by atoms with Crippen LogP contribution in [0.15, 0.2) is 18.2 Å². The zero-order valence-corrected chi connectivity index (χ0v) is 8.20. The summed E-state index contributed by atoms with van der Waals surface area (Å²) in [7, 11) is -1.43. The van der Waals surface area contributed by atoms with Crippen LogP contribution >= 0.6 is 0 Å². The topological polar surface area (TPSA) is 56.2 Å². The van der Waals surface area contributed by atoms with E-state index in [2.05, 4.69) is 4.98 Å². The predicted octanol–water partition coefficient (Wildman–Crippen LogP) is 0.465. The Balaban J connectivity index is 2.73. The first kappa shape index (κ1) is 9.31. The molecule has 0 amide bonds. The van der Waals surface area contributed by atoms with Gasteiger partial charge >= 0.3 is 7.12 Å². The minimum atomic E-state index is -1.43. The first-order valence-electron chi connectivity index (χ1n) is 4.54. The number of H-pyrrole nitrogens is 1. The largest absolute Gasteiger partial charge is 0.505 e. The first-order valence-corrected chi connectivity index (χ1v) is 4.54. The molecule has 0 aliphatic rings. The molecular weight excluding hydrogens is 177 g/mol. The Kier molecular flexibility index (Phi) is 2.09. The lowest BCUT2D eigenvalue weighted by Gasteiger charge is -1.95. The Hall–Kier alpha value is -1.26. The lowest BCUT2D eigenvalue weighted by molar-refractivity contribution is 0.424. The molecule has 3 nitrogen and oxygen atoms in total. The summed E-state index contributed by atoms with van der Waals surface area (Å²) in [5, 5.41) is 19.2. The van der Waals surface area contributed by atoms with Gasteiger partial charge in [-0.2, -0.15) is 0 Å². The van der Waals surface area contributed by atoms with Crippen molar-refractivity contribution in [2.75, 3.05) is 0 Å². The molecule has 4 heteroatoms. The van der Waals surface area contributed by atoms with E-state index < -0.39 is 7.12 Å². The Morgan fingerprint density at radius 2 is 1.93 bits per heavy atom. The quantitative estimate of drug-likeness (QED) is 0.571. The highest BCUT2D eigenvalue weighted by Crippen LogP contribution is 2.17. The average molecular weight is 189 g/mol. The van der Waals surface area contributed by atoms with Crippen molar-refractivity contribution in [3.05, 3.63) is 29.3 Å². The van der Waals surface area contributed by atoms with Crippen LogP contribution < -0.4 is 5.59 Å². The van der Waals surface area contributed by atoms with Gasteiger partial charge in [0.15, 0.2) is 0 Å². The molecule has 0 unspecified atom stereocenters. The van der Waals surface area contributed by atoms with E-state index in [-0.39, 0.29) is 0 Å². The first-order chi connectivity index (χ1) is 6.59. The number of rotatable bonds is 1. The molecule has 14 heavy (non-hydrogen) atoms. The summed E-state index contributed by atoms with van der Waals surface area (Å²) in [6, 6.07) is 5.99. The van der Waals surface area contributed by atoms with Gasteiger partial charge in [0.1, 0.15) is 0 Å². The van der Waals surface area contributed by atoms with Crippen LogP contribution in [-0.4, -0.2) is 22.2 Å². The molecule has 1 aromatic heterocycles. The van der Waals surface area contributed by atoms with E-state index in [9.17, 15) is 0 Å². The van der Waals surface area contributed by atoms with E-state index in [4.69, 9.17) is 10.0 Å². The number of aromatic nitrogens is 1. The van der Waals surface area contributed by atoms with E-state index in [0.29, 0.717) is 5.59 Å². The Bertz CT molecular complexity index is 476. The molecule has 1 aromatic carbocycles. The Morgan fingerprint density at radius 1 is 1.21 bits per heavy atom. The molecule has 2 aromatic rings. The van der Waals surface area contributed by atoms with Crippen LogP contribution in [0.25, 0.3) is 10.9 Å². The number of hydrogen-bond acceptors (Lipinski definition) is 2. The highest BCUT2D eigenvalue weighted by atomic mass is 16.4. The highest BCUT2D eigenvalue weighted by Gasteiger charge is 2.18. The standard InChI is InChI=1S/C10H12BNO2/c1-6-3-4-8-7(2)10(11(13)14)12-9(8)5-6/h3-5,12-14H,1-2H3. The monoisotopic (exact) mass is 189 g/mol. The van der Waals surface area contributed by atoms with Crippen LogP contribution in [0, 0.1) is 13.8 Å². The van der Waals surface area contributed by atoms with Crippen LogP contribution in [0.4, 0.5) is 0 Å². The summed E-state index contributed by atoms with van der Waals surface area (Å²) < 4.78 is 0. The van der Waals surface area contributed by atoms with E-state index in [1.165, 1.54) is 0 Å². The van der Waals surface area contributed by atoms with Gasteiger partial charge in [-0.05, 0) is 31.0 Å². The van der Waals surface area contributed by atoms with Gasteiger partial charge in [-0.25, -0.2) is 0 Å². The number of hydrogen-bond donors (Lipinski definition) is 3. The molecule has 0 radical (unpaired) electrons. The second kappa shape index (κ2) is 3.15. The average Bonchev–Trinajstić information content (AvgIpc) is 2.43. The van der Waals surface area contributed by atoms with Gasteiger partial charge in [0.25, 0.3) is 0 Å². The fourth-order valence-electron chi connectivity index (χ4n) is 1.73. The molecule has 0 saturated carbocycles. The van der Waals surface area contributed by atoms with Crippen LogP contribution in [0.5, 0.6) is 0 Å². The van der Waals surface area contributed by atoms with Gasteiger partial charge in [0, 0.05) is 16.5 Å². The van der Waals surface area contributed by atoms with Gasteiger partial charge < -0.3 is 15.0 Å². The number of benzene rings is 1. The molecule has 0 spiro atoms. The van der Waals surface area contributed by atoms with Crippen molar-refractivity contribution in [1.82, 2.24) is 4.98 Å². The Morgan fingerprint density at radius 3 is 2.57 bits per heavy atom. The summed E-state index contributed by atoms with van der Waals surface area (Å²) in [5.74, 6) is 0. The lowest BCUT2D eigenvalue weighted by Crippen LogP contribution is -2.32. The minimum absolute atomic E-state index is 0.477. The summed E-state index contributed by atoms with van der Waals surface area (Å²) in [4.78, 5) is 3.00. The molecular formula is C10H12BNO2. The molecule has 0 atom stereocenters. The van der Waals surface area contributed by atoms with Crippen molar-refractivity contribution in [1.29, 1.82) is 0 Å². The predicted molar refractivity (Wildman–Crippen MR) is 57.6 cm³/mol. The van der Waals surface area contributed by atoms with Crippen LogP contribution in [0.1, 0.15) is 11.1 Å². The van der Waals surface area contributed by atoms with E-state index >= 15 is 0 Å². The maximum Gasteiger partial charge on any atom is 0.505 e. The van der Waals surface area contributed by atoms with Crippen molar-refractivity contribution in [3.8, 4) is 0 Å². The summed E-state index contributed by atoms with van der Waals surface area (Å²) in [5.41, 5.74) is 3.48. The fourth-order valence-corrected chi connectivity index (χ4v) is 1.73. The number of aryl methyl sites for hydroxylation is 2. The number of nitrogens with one attached hydrogen (secondary N) is 1. The van der Waals surface area contributed by atoms with Gasteiger partial charge in [0.05, 0.1) is 0 Å². The minimum Gasteiger partial charge on any atom is -0.422 e. The zero-order chi connectivity index (χ0) is 10.3. The van der Waals surface area contributed by atoms with Gasteiger partial charge in [-0.1, -0.05) is 12.1 Å². The molecule has 72 valence electrons. The third-order valence-corrected chi connectivity index (χ3v) is 2.51. The molecule has 2 rings (SSSR count). The highest BCUT2D eigenvalue weighted by molar-refractivity contribution is 6.58. The van der Waals surface area contributed by atoms with Crippen molar-refractivity contribution in [2.24, 2.45) is 0 Å². The smallest absolute Gasteiger partial charge is 0.422 e. The van der Waals surface area contributed by atoms with E-state index in [1.807, 2.05) is 32.0 Å². The molecule has 0 aliphatic carbocycles. The van der Waals surface area contributed by atoms with Crippen molar-refractivity contribution >= 4 is 23.6 Å². The molecule has 0 bridgehead atoms. The molecule has 0 saturated heterocycles. The number of fused-ring (bicyclic) bond motifs is 1.